The zero-order valence-corrected chi connectivity index (χ0v) is 11.3. The molecule has 0 bridgehead atoms. The van der Waals surface area contributed by atoms with Gasteiger partial charge in [0.2, 0.25) is 0 Å². The first-order chi connectivity index (χ1) is 10.4. The molecule has 2 heterocycles. The molecule has 0 spiro atoms. The van der Waals surface area contributed by atoms with Crippen molar-refractivity contribution < 1.29 is 0 Å². The Morgan fingerprint density at radius 2 is 1.67 bits per heavy atom. The van der Waals surface area contributed by atoms with Crippen LogP contribution in [-0.4, -0.2) is 16.2 Å². The lowest BCUT2D eigenvalue weighted by Gasteiger charge is -2.14. The molecule has 1 aromatic heterocycles. The van der Waals surface area contributed by atoms with Crippen LogP contribution >= 0.6 is 0 Å². The monoisotopic (exact) mass is 271 g/mol. The summed E-state index contributed by atoms with van der Waals surface area (Å²) < 4.78 is 0. The normalized spacial score (nSPS) is 15.9. The maximum absolute atomic E-state index is 4.77. The molecule has 3 heteroatoms. The largest absolute Gasteiger partial charge is 0.279 e. The van der Waals surface area contributed by atoms with E-state index in [2.05, 4.69) is 34.2 Å². The molecule has 0 saturated heterocycles. The predicted octanol–water partition coefficient (Wildman–Crippen LogP) is 3.67. The highest BCUT2D eigenvalue weighted by Crippen LogP contribution is 2.35. The Morgan fingerprint density at radius 1 is 0.857 bits per heavy atom. The number of hydrogen-bond donors (Lipinski definition) is 0. The minimum Gasteiger partial charge on any atom is -0.279 e. The lowest BCUT2D eigenvalue weighted by atomic mass is 9.96. The molecule has 0 radical (unpaired) electrons. The van der Waals surface area contributed by atoms with Crippen LogP contribution in [-0.2, 0) is 0 Å². The smallest absolute Gasteiger partial charge is 0.116 e. The molecule has 3 nitrogen and oxygen atoms in total. The van der Waals surface area contributed by atoms with Gasteiger partial charge in [0.1, 0.15) is 12.4 Å². The van der Waals surface area contributed by atoms with Crippen molar-refractivity contribution in [1.29, 1.82) is 0 Å². The van der Waals surface area contributed by atoms with Crippen molar-refractivity contribution in [3.8, 4) is 11.3 Å². The van der Waals surface area contributed by atoms with E-state index in [1.807, 2.05) is 42.7 Å². The quantitative estimate of drug-likeness (QED) is 0.677. The molecule has 1 unspecified atom stereocenters. The van der Waals surface area contributed by atoms with Crippen molar-refractivity contribution >= 4 is 6.21 Å². The van der Waals surface area contributed by atoms with Crippen molar-refractivity contribution in [2.24, 2.45) is 4.99 Å². The van der Waals surface area contributed by atoms with E-state index in [0.29, 0.717) is 0 Å². The van der Waals surface area contributed by atoms with Crippen LogP contribution in [0, 0.1) is 0 Å². The van der Waals surface area contributed by atoms with E-state index in [4.69, 9.17) is 4.99 Å². The Bertz CT molecular complexity index is 809. The van der Waals surface area contributed by atoms with Crippen molar-refractivity contribution in [3.63, 3.8) is 0 Å². The Morgan fingerprint density at radius 3 is 2.57 bits per heavy atom. The van der Waals surface area contributed by atoms with Crippen LogP contribution < -0.4 is 0 Å². The summed E-state index contributed by atoms with van der Waals surface area (Å²) in [5, 5.41) is 0. The zero-order valence-electron chi connectivity index (χ0n) is 11.3. The summed E-state index contributed by atoms with van der Waals surface area (Å²) in [5.74, 6) is 0. The van der Waals surface area contributed by atoms with E-state index in [9.17, 15) is 0 Å². The number of benzene rings is 2. The molecular formula is C18H13N3. The molecule has 1 aliphatic heterocycles. The molecule has 0 saturated carbocycles. The van der Waals surface area contributed by atoms with E-state index in [1.54, 1.807) is 6.33 Å². The van der Waals surface area contributed by atoms with Crippen LogP contribution in [0.5, 0.6) is 0 Å². The van der Waals surface area contributed by atoms with Crippen LogP contribution in [0.25, 0.3) is 11.3 Å². The molecule has 4 rings (SSSR count). The number of nitrogens with zero attached hydrogens (tertiary/aromatic N) is 3. The first-order valence-corrected chi connectivity index (χ1v) is 6.91. The molecule has 21 heavy (non-hydrogen) atoms. The summed E-state index contributed by atoms with van der Waals surface area (Å²) in [6, 6.07) is 18.4. The van der Waals surface area contributed by atoms with Gasteiger partial charge in [-0.3, -0.25) is 4.99 Å². The van der Waals surface area contributed by atoms with Crippen molar-refractivity contribution in [2.75, 3.05) is 0 Å². The van der Waals surface area contributed by atoms with Crippen LogP contribution in [0.2, 0.25) is 0 Å². The highest BCUT2D eigenvalue weighted by molar-refractivity contribution is 5.91. The van der Waals surface area contributed by atoms with Crippen molar-refractivity contribution in [2.45, 2.75) is 6.04 Å². The average molecular weight is 271 g/mol. The maximum Gasteiger partial charge on any atom is 0.116 e. The van der Waals surface area contributed by atoms with Crippen molar-refractivity contribution in [3.05, 3.63) is 83.8 Å². The molecule has 2 aromatic carbocycles. The number of aliphatic imine (C=N–C) groups is 1. The molecule has 0 N–H and O–H groups in total. The standard InChI is InChI=1S/C18H13N3/c1-2-6-13(7-3-1)17-16-11-19-12-21-18(16)15-9-5-4-8-14(15)10-20-17/h1-12,17H. The van der Waals surface area contributed by atoms with Crippen LogP contribution in [0.1, 0.15) is 22.7 Å². The first-order valence-electron chi connectivity index (χ1n) is 6.91. The average Bonchev–Trinajstić information content (AvgIpc) is 2.73. The Hall–Kier alpha value is -2.81. The Kier molecular flexibility index (Phi) is 2.82. The lowest BCUT2D eigenvalue weighted by Crippen LogP contribution is -2.01. The fraction of sp³-hybridized carbons (Fsp3) is 0.0556. The summed E-state index contributed by atoms with van der Waals surface area (Å²) >= 11 is 0. The fourth-order valence-electron chi connectivity index (χ4n) is 2.73. The van der Waals surface area contributed by atoms with Gasteiger partial charge >= 0.3 is 0 Å². The fourth-order valence-corrected chi connectivity index (χ4v) is 2.73. The third-order valence-electron chi connectivity index (χ3n) is 3.73. The van der Waals surface area contributed by atoms with Crippen LogP contribution in [0.15, 0.2) is 72.1 Å². The number of aromatic nitrogens is 2. The minimum atomic E-state index is -0.0604. The van der Waals surface area contributed by atoms with Gasteiger partial charge in [-0.05, 0) is 5.56 Å². The summed E-state index contributed by atoms with van der Waals surface area (Å²) in [6.07, 6.45) is 5.41. The molecular weight excluding hydrogens is 258 g/mol. The zero-order chi connectivity index (χ0) is 14.1. The van der Waals surface area contributed by atoms with Gasteiger partial charge in [-0.2, -0.15) is 0 Å². The Labute approximate surface area is 123 Å². The second-order valence-electron chi connectivity index (χ2n) is 5.01. The second-order valence-corrected chi connectivity index (χ2v) is 5.01. The molecule has 0 aliphatic carbocycles. The van der Waals surface area contributed by atoms with Crippen LogP contribution in [0.3, 0.4) is 0 Å². The van der Waals surface area contributed by atoms with E-state index in [0.717, 1.165) is 27.9 Å². The predicted molar refractivity (Wildman–Crippen MR) is 83.3 cm³/mol. The number of hydrogen-bond acceptors (Lipinski definition) is 3. The number of fused-ring (bicyclic) bond motifs is 3. The van der Waals surface area contributed by atoms with Gasteiger partial charge in [0.05, 0.1) is 5.69 Å². The van der Waals surface area contributed by atoms with Crippen molar-refractivity contribution in [1.82, 2.24) is 9.97 Å². The molecule has 1 atom stereocenters. The number of rotatable bonds is 1. The summed E-state index contributed by atoms with van der Waals surface area (Å²) in [5.41, 5.74) is 5.36. The van der Waals surface area contributed by atoms with Gasteiger partial charge in [-0.15, -0.1) is 0 Å². The first kappa shape index (κ1) is 12.0. The topological polar surface area (TPSA) is 38.1 Å². The highest BCUT2D eigenvalue weighted by Gasteiger charge is 2.22. The van der Waals surface area contributed by atoms with Gasteiger partial charge < -0.3 is 0 Å². The molecule has 0 fully saturated rings. The summed E-state index contributed by atoms with van der Waals surface area (Å²) in [6.45, 7) is 0. The summed E-state index contributed by atoms with van der Waals surface area (Å²) in [4.78, 5) is 13.5. The van der Waals surface area contributed by atoms with E-state index in [1.165, 1.54) is 0 Å². The molecule has 100 valence electrons. The van der Waals surface area contributed by atoms with Gasteiger partial charge in [-0.25, -0.2) is 9.97 Å². The van der Waals surface area contributed by atoms with Gasteiger partial charge in [0, 0.05) is 29.1 Å². The van der Waals surface area contributed by atoms with E-state index < -0.39 is 0 Å². The SMILES string of the molecule is C1=NC(c2ccccc2)c2cncnc2-c2ccccc21. The molecule has 3 aromatic rings. The van der Waals surface area contributed by atoms with Gasteiger partial charge in [0.15, 0.2) is 0 Å². The van der Waals surface area contributed by atoms with Gasteiger partial charge in [-0.1, -0.05) is 54.6 Å². The third kappa shape index (κ3) is 2.03. The minimum absolute atomic E-state index is 0.0604. The highest BCUT2D eigenvalue weighted by atomic mass is 14.9. The van der Waals surface area contributed by atoms with E-state index in [-0.39, 0.29) is 6.04 Å². The van der Waals surface area contributed by atoms with E-state index >= 15 is 0 Å². The Balaban J connectivity index is 1.98. The summed E-state index contributed by atoms with van der Waals surface area (Å²) in [7, 11) is 0. The van der Waals surface area contributed by atoms with Crippen LogP contribution in [0.4, 0.5) is 0 Å². The lowest BCUT2D eigenvalue weighted by molar-refractivity contribution is 0.864. The maximum atomic E-state index is 4.77. The second kappa shape index (κ2) is 4.94. The molecule has 1 aliphatic rings. The molecule has 0 amide bonds. The third-order valence-corrected chi connectivity index (χ3v) is 3.73. The van der Waals surface area contributed by atoms with Gasteiger partial charge in [0.25, 0.3) is 0 Å².